The first-order chi connectivity index (χ1) is 25.8. The Morgan fingerprint density at radius 2 is 0.981 bits per heavy atom. The van der Waals surface area contributed by atoms with Crippen LogP contribution in [0.4, 0.5) is 0 Å². The molecule has 0 unspecified atom stereocenters. The Morgan fingerprint density at radius 3 is 1.69 bits per heavy atom. The zero-order valence-corrected chi connectivity index (χ0v) is 28.0. The van der Waals surface area contributed by atoms with Crippen molar-refractivity contribution in [2.24, 2.45) is 0 Å². The summed E-state index contributed by atoms with van der Waals surface area (Å²) in [6.45, 7) is 0.0271. The minimum atomic E-state index is 0.0271. The van der Waals surface area contributed by atoms with Gasteiger partial charge in [0, 0.05) is 72.9 Å². The van der Waals surface area contributed by atoms with Crippen molar-refractivity contribution < 1.29 is 0 Å². The second-order valence-corrected chi connectivity index (χ2v) is 14.3. The van der Waals surface area contributed by atoms with E-state index in [1.165, 1.54) is 93.2 Å². The molecule has 0 N–H and O–H groups in total. The predicted molar refractivity (Wildman–Crippen MR) is 217 cm³/mol. The minimum Gasteiger partial charge on any atom is -0.310 e. The summed E-state index contributed by atoms with van der Waals surface area (Å²) < 4.78 is 7.65. The monoisotopic (exact) mass is 658 g/mol. The molecule has 0 bridgehead atoms. The Kier molecular flexibility index (Phi) is 4.91. The van der Waals surface area contributed by atoms with Gasteiger partial charge < -0.3 is 13.7 Å². The topological polar surface area (TPSA) is 27.7 Å². The summed E-state index contributed by atoms with van der Waals surface area (Å²) in [7, 11) is 0. The normalized spacial score (nSPS) is 13.0. The van der Waals surface area contributed by atoms with Crippen LogP contribution in [0.15, 0.2) is 164 Å². The maximum absolute atomic E-state index is 4.45. The number of aromatic nitrogens is 4. The van der Waals surface area contributed by atoms with E-state index in [9.17, 15) is 0 Å². The molecule has 0 saturated carbocycles. The number of benzene rings is 7. The van der Waals surface area contributed by atoms with Crippen LogP contribution in [0.25, 0.3) is 93.6 Å². The molecule has 0 amide bonds. The maximum atomic E-state index is 4.45. The molecule has 0 saturated heterocycles. The second kappa shape index (κ2) is 9.48. The number of hydrogen-bond donors (Lipinski definition) is 0. The fourth-order valence-corrected chi connectivity index (χ4v) is 9.97. The van der Waals surface area contributed by atoms with Crippen molar-refractivity contribution >= 4 is 88.5 Å². The molecule has 7 aromatic carbocycles. The van der Waals surface area contributed by atoms with Gasteiger partial charge in [0.05, 0.1) is 27.6 Å². The van der Waals surface area contributed by atoms with Crippen molar-refractivity contribution in [1.82, 2.24) is 18.7 Å². The highest BCUT2D eigenvalue weighted by Gasteiger charge is 2.42. The quantitative estimate of drug-likeness (QED) is 0.170. The number of nitrogens with zero attached hydrogens (tertiary/aromatic N) is 4. The molecular formula is C47H27BN4. The molecule has 0 fully saturated rings. The van der Waals surface area contributed by atoms with Crippen LogP contribution in [0.1, 0.15) is 0 Å². The highest BCUT2D eigenvalue weighted by molar-refractivity contribution is 7.01. The van der Waals surface area contributed by atoms with Gasteiger partial charge >= 0.3 is 0 Å². The van der Waals surface area contributed by atoms with Gasteiger partial charge in [-0.15, -0.1) is 0 Å². The third-order valence-corrected chi connectivity index (χ3v) is 11.9. The van der Waals surface area contributed by atoms with Gasteiger partial charge in [0.2, 0.25) is 0 Å². The lowest BCUT2D eigenvalue weighted by atomic mass is 9.34. The van der Waals surface area contributed by atoms with E-state index in [0.717, 1.165) is 16.8 Å². The Morgan fingerprint density at radius 1 is 0.404 bits per heavy atom. The number of hydrogen-bond acceptors (Lipinski definition) is 1. The third kappa shape index (κ3) is 3.14. The van der Waals surface area contributed by atoms with Gasteiger partial charge in [-0.25, -0.2) is 0 Å². The highest BCUT2D eigenvalue weighted by atomic mass is 15.0. The number of pyridine rings is 1. The van der Waals surface area contributed by atoms with Gasteiger partial charge in [0.15, 0.2) is 0 Å². The van der Waals surface area contributed by atoms with E-state index < -0.39 is 0 Å². The van der Waals surface area contributed by atoms with Gasteiger partial charge in [-0.1, -0.05) is 97.1 Å². The molecule has 0 aliphatic carbocycles. The largest absolute Gasteiger partial charge is 0.310 e. The summed E-state index contributed by atoms with van der Waals surface area (Å²) in [5, 5.41) is 7.75. The fraction of sp³-hybridized carbons (Fsp3) is 0. The van der Waals surface area contributed by atoms with E-state index in [4.69, 9.17) is 0 Å². The second-order valence-electron chi connectivity index (χ2n) is 14.3. The fourth-order valence-electron chi connectivity index (χ4n) is 9.97. The molecule has 13 rings (SSSR count). The SMILES string of the molecule is c1cncc(-c2cccc(-n3c4ccccc4c4cc5c6ccccc6n6c5c(c43)B3c4c(cccc4-6)-n4c5ccccc5c5cccc3c54)c2)c1. The lowest BCUT2D eigenvalue weighted by Crippen LogP contribution is -2.59. The highest BCUT2D eigenvalue weighted by Crippen LogP contribution is 2.43. The van der Waals surface area contributed by atoms with Gasteiger partial charge in [0.25, 0.3) is 6.71 Å². The molecule has 5 heteroatoms. The van der Waals surface area contributed by atoms with E-state index in [0.29, 0.717) is 0 Å². The first-order valence-corrected chi connectivity index (χ1v) is 18.0. The zero-order chi connectivity index (χ0) is 33.7. The van der Waals surface area contributed by atoms with Gasteiger partial charge in [-0.05, 0) is 76.5 Å². The van der Waals surface area contributed by atoms with Gasteiger partial charge in [-0.3, -0.25) is 4.98 Å². The standard InChI is InChI=1S/C47H27BN4/c1-5-20-39-31(14-1)34-17-8-18-37-45(34)51(39)41-22-9-23-42-43(41)48(37)44-46-35(26-36-33-16-3-6-21-40(33)52(42)47(36)44)32-15-2-4-19-38(32)50(46)30-13-7-11-28(25-30)29-12-10-24-49-27-29/h1-27H. The van der Waals surface area contributed by atoms with E-state index in [1.54, 1.807) is 0 Å². The third-order valence-electron chi connectivity index (χ3n) is 11.9. The molecule has 0 radical (unpaired) electrons. The van der Waals surface area contributed by atoms with Crippen LogP contribution in [0.2, 0.25) is 0 Å². The lowest BCUT2D eigenvalue weighted by molar-refractivity contribution is 1.14. The minimum absolute atomic E-state index is 0.0271. The number of fused-ring (bicyclic) bond motifs is 14. The Balaban J connectivity index is 1.28. The summed E-state index contributed by atoms with van der Waals surface area (Å²) >= 11 is 0. The van der Waals surface area contributed by atoms with Crippen LogP contribution < -0.4 is 16.4 Å². The molecular weight excluding hydrogens is 631 g/mol. The molecule has 52 heavy (non-hydrogen) atoms. The average molecular weight is 659 g/mol. The van der Waals surface area contributed by atoms with E-state index in [-0.39, 0.29) is 6.71 Å². The van der Waals surface area contributed by atoms with Crippen molar-refractivity contribution in [2.45, 2.75) is 0 Å². The van der Waals surface area contributed by atoms with Crippen molar-refractivity contribution in [3.05, 3.63) is 164 Å². The van der Waals surface area contributed by atoms with Crippen molar-refractivity contribution in [3.8, 4) is 28.2 Å². The van der Waals surface area contributed by atoms with Crippen molar-refractivity contribution in [1.29, 1.82) is 0 Å². The molecule has 2 aliphatic heterocycles. The van der Waals surface area contributed by atoms with E-state index >= 15 is 0 Å². The van der Waals surface area contributed by atoms with Crippen LogP contribution in [0, 0.1) is 0 Å². The van der Waals surface area contributed by atoms with Crippen LogP contribution >= 0.6 is 0 Å². The molecule has 4 aromatic heterocycles. The van der Waals surface area contributed by atoms with Gasteiger partial charge in [0.1, 0.15) is 0 Å². The first kappa shape index (κ1) is 26.9. The van der Waals surface area contributed by atoms with Crippen LogP contribution in [-0.2, 0) is 0 Å². The Hall–Kier alpha value is -6.85. The van der Waals surface area contributed by atoms with Crippen LogP contribution in [0.5, 0.6) is 0 Å². The molecule has 0 spiro atoms. The molecule has 6 heterocycles. The van der Waals surface area contributed by atoms with Crippen molar-refractivity contribution in [3.63, 3.8) is 0 Å². The van der Waals surface area contributed by atoms with Crippen LogP contribution in [-0.4, -0.2) is 25.4 Å². The smallest absolute Gasteiger partial charge is 0.254 e. The summed E-state index contributed by atoms with van der Waals surface area (Å²) in [6.07, 6.45) is 3.79. The Labute approximate surface area is 298 Å². The Bertz CT molecular complexity index is 3360. The lowest BCUT2D eigenvalue weighted by Gasteiger charge is -2.34. The molecule has 238 valence electrons. The molecule has 0 atom stereocenters. The number of rotatable bonds is 2. The van der Waals surface area contributed by atoms with E-state index in [1.807, 2.05) is 18.5 Å². The predicted octanol–water partition coefficient (Wildman–Crippen LogP) is 9.18. The summed E-state index contributed by atoms with van der Waals surface area (Å²) in [5.41, 5.74) is 17.6. The summed E-state index contributed by atoms with van der Waals surface area (Å²) in [5.74, 6) is 0. The average Bonchev–Trinajstić information content (AvgIpc) is 3.85. The van der Waals surface area contributed by atoms with Gasteiger partial charge in [-0.2, -0.15) is 0 Å². The van der Waals surface area contributed by atoms with E-state index in [2.05, 4.69) is 164 Å². The maximum Gasteiger partial charge on any atom is 0.254 e. The molecule has 4 nitrogen and oxygen atoms in total. The summed E-state index contributed by atoms with van der Waals surface area (Å²) in [4.78, 5) is 4.45. The number of para-hydroxylation sites is 4. The summed E-state index contributed by atoms with van der Waals surface area (Å²) in [6, 6.07) is 56.4. The molecule has 11 aromatic rings. The first-order valence-electron chi connectivity index (χ1n) is 18.0. The zero-order valence-electron chi connectivity index (χ0n) is 28.0. The molecule has 2 aliphatic rings. The van der Waals surface area contributed by atoms with Crippen molar-refractivity contribution in [2.75, 3.05) is 0 Å². The van der Waals surface area contributed by atoms with Crippen LogP contribution in [0.3, 0.4) is 0 Å².